The van der Waals surface area contributed by atoms with Crippen molar-refractivity contribution >= 4 is 27.6 Å². The Morgan fingerprint density at radius 3 is 2.03 bits per heavy atom. The molecule has 2 rings (SSSR count). The Morgan fingerprint density at radius 2 is 1.55 bits per heavy atom. The number of hydrogen-bond acceptors (Lipinski definition) is 5. The number of benzene rings is 1. The standard InChI is InChI=1S/C21H30N2O5S/c1-14(2)8-7-9-15(3)22-19(24)18(12-13-29(4,27)28)23-20(25)16-10-5-6-11-17(16)21(23)26/h5-6,10-11,14-15,18H,7-9,12-13H2,1-4H3,(H,22,24). The molecule has 0 aromatic heterocycles. The van der Waals surface area contributed by atoms with Gasteiger partial charge in [0, 0.05) is 12.3 Å². The molecule has 0 aliphatic carbocycles. The lowest BCUT2D eigenvalue weighted by molar-refractivity contribution is -0.125. The number of imide groups is 1. The van der Waals surface area contributed by atoms with Gasteiger partial charge in [0.2, 0.25) is 5.91 Å². The van der Waals surface area contributed by atoms with Gasteiger partial charge in [0.1, 0.15) is 15.9 Å². The van der Waals surface area contributed by atoms with Gasteiger partial charge in [0.25, 0.3) is 11.8 Å². The minimum Gasteiger partial charge on any atom is -0.352 e. The summed E-state index contributed by atoms with van der Waals surface area (Å²) in [5, 5.41) is 2.85. The second kappa shape index (κ2) is 9.52. The highest BCUT2D eigenvalue weighted by molar-refractivity contribution is 7.90. The van der Waals surface area contributed by atoms with E-state index < -0.39 is 33.6 Å². The van der Waals surface area contributed by atoms with Gasteiger partial charge in [0.15, 0.2) is 0 Å². The van der Waals surface area contributed by atoms with E-state index in [1.807, 2.05) is 6.92 Å². The number of amides is 3. The van der Waals surface area contributed by atoms with E-state index in [2.05, 4.69) is 19.2 Å². The molecular weight excluding hydrogens is 392 g/mol. The zero-order chi connectivity index (χ0) is 21.8. The van der Waals surface area contributed by atoms with E-state index in [1.165, 1.54) is 12.1 Å². The molecule has 1 heterocycles. The van der Waals surface area contributed by atoms with Crippen molar-refractivity contribution in [2.75, 3.05) is 12.0 Å². The Balaban J connectivity index is 2.18. The first-order chi connectivity index (χ1) is 13.5. The van der Waals surface area contributed by atoms with Gasteiger partial charge >= 0.3 is 0 Å². The summed E-state index contributed by atoms with van der Waals surface area (Å²) >= 11 is 0. The minimum atomic E-state index is -3.37. The van der Waals surface area contributed by atoms with Crippen LogP contribution in [-0.4, -0.2) is 55.1 Å². The molecule has 0 radical (unpaired) electrons. The molecule has 1 aromatic rings. The van der Waals surface area contributed by atoms with Gasteiger partial charge in [0.05, 0.1) is 16.9 Å². The second-order valence-electron chi connectivity index (χ2n) is 8.19. The van der Waals surface area contributed by atoms with Gasteiger partial charge in [-0.2, -0.15) is 0 Å². The van der Waals surface area contributed by atoms with Crippen LogP contribution in [0, 0.1) is 5.92 Å². The molecule has 29 heavy (non-hydrogen) atoms. The molecule has 2 unspecified atom stereocenters. The van der Waals surface area contributed by atoms with E-state index >= 15 is 0 Å². The fraction of sp³-hybridized carbons (Fsp3) is 0.571. The molecule has 0 saturated heterocycles. The maximum atomic E-state index is 12.9. The second-order valence-corrected chi connectivity index (χ2v) is 10.5. The van der Waals surface area contributed by atoms with Crippen molar-refractivity contribution < 1.29 is 22.8 Å². The van der Waals surface area contributed by atoms with Crippen LogP contribution in [-0.2, 0) is 14.6 Å². The van der Waals surface area contributed by atoms with Gasteiger partial charge in [-0.25, -0.2) is 8.42 Å². The van der Waals surface area contributed by atoms with Crippen molar-refractivity contribution in [3.8, 4) is 0 Å². The molecular formula is C21H30N2O5S. The van der Waals surface area contributed by atoms with Gasteiger partial charge < -0.3 is 5.32 Å². The van der Waals surface area contributed by atoms with E-state index in [4.69, 9.17) is 0 Å². The Hall–Kier alpha value is -2.22. The average Bonchev–Trinajstić information content (AvgIpc) is 2.86. The topological polar surface area (TPSA) is 101 Å². The Labute approximate surface area is 172 Å². The first-order valence-corrected chi connectivity index (χ1v) is 12.0. The number of nitrogens with zero attached hydrogens (tertiary/aromatic N) is 1. The van der Waals surface area contributed by atoms with Crippen molar-refractivity contribution in [3.63, 3.8) is 0 Å². The number of sulfone groups is 1. The van der Waals surface area contributed by atoms with Crippen molar-refractivity contribution in [1.82, 2.24) is 10.2 Å². The van der Waals surface area contributed by atoms with Crippen LogP contribution in [0.1, 0.15) is 67.2 Å². The molecule has 0 saturated carbocycles. The first-order valence-electron chi connectivity index (χ1n) is 9.96. The molecule has 0 fully saturated rings. The van der Waals surface area contributed by atoms with E-state index in [-0.39, 0.29) is 29.3 Å². The van der Waals surface area contributed by atoms with Gasteiger partial charge in [-0.1, -0.05) is 38.8 Å². The normalized spacial score (nSPS) is 16.1. The maximum absolute atomic E-state index is 12.9. The Morgan fingerprint density at radius 1 is 1.00 bits per heavy atom. The van der Waals surface area contributed by atoms with Crippen LogP contribution in [0.5, 0.6) is 0 Å². The monoisotopic (exact) mass is 422 g/mol. The molecule has 0 spiro atoms. The van der Waals surface area contributed by atoms with E-state index in [1.54, 1.807) is 12.1 Å². The van der Waals surface area contributed by atoms with E-state index in [9.17, 15) is 22.8 Å². The highest BCUT2D eigenvalue weighted by Gasteiger charge is 2.42. The van der Waals surface area contributed by atoms with Gasteiger partial charge in [-0.05, 0) is 37.8 Å². The van der Waals surface area contributed by atoms with Crippen molar-refractivity contribution in [1.29, 1.82) is 0 Å². The molecule has 7 nitrogen and oxygen atoms in total. The van der Waals surface area contributed by atoms with E-state index in [0.29, 0.717) is 5.92 Å². The highest BCUT2D eigenvalue weighted by Crippen LogP contribution is 2.26. The van der Waals surface area contributed by atoms with Crippen LogP contribution in [0.25, 0.3) is 0 Å². The number of hydrogen-bond donors (Lipinski definition) is 1. The SMILES string of the molecule is CC(C)CCCC(C)NC(=O)C(CCS(C)(=O)=O)N1C(=O)c2ccccc2C1=O. The smallest absolute Gasteiger partial charge is 0.262 e. The quantitative estimate of drug-likeness (QED) is 0.584. The Kier molecular flexibility index (Phi) is 7.57. The van der Waals surface area contributed by atoms with Crippen LogP contribution < -0.4 is 5.32 Å². The Bertz CT molecular complexity index is 844. The fourth-order valence-corrected chi connectivity index (χ4v) is 4.09. The van der Waals surface area contributed by atoms with E-state index in [0.717, 1.165) is 30.4 Å². The number of carbonyl (C=O) groups excluding carboxylic acids is 3. The lowest BCUT2D eigenvalue weighted by Crippen LogP contribution is -2.52. The lowest BCUT2D eigenvalue weighted by atomic mass is 10.0. The zero-order valence-electron chi connectivity index (χ0n) is 17.5. The van der Waals surface area contributed by atoms with Crippen molar-refractivity contribution in [3.05, 3.63) is 35.4 Å². The summed E-state index contributed by atoms with van der Waals surface area (Å²) < 4.78 is 23.3. The molecule has 160 valence electrons. The summed E-state index contributed by atoms with van der Waals surface area (Å²) in [5.74, 6) is -1.35. The summed E-state index contributed by atoms with van der Waals surface area (Å²) in [5.41, 5.74) is 0.472. The van der Waals surface area contributed by atoms with Crippen molar-refractivity contribution in [2.24, 2.45) is 5.92 Å². The lowest BCUT2D eigenvalue weighted by Gasteiger charge is -2.27. The maximum Gasteiger partial charge on any atom is 0.262 e. The third kappa shape index (κ3) is 6.13. The predicted octanol–water partition coefficient (Wildman–Crippen LogP) is 2.42. The summed E-state index contributed by atoms with van der Waals surface area (Å²) in [4.78, 5) is 39.4. The predicted molar refractivity (Wildman–Crippen MR) is 111 cm³/mol. The molecule has 1 N–H and O–H groups in total. The number of fused-ring (bicyclic) bond motifs is 1. The molecule has 2 atom stereocenters. The van der Waals surface area contributed by atoms with Crippen LogP contribution in [0.2, 0.25) is 0 Å². The highest BCUT2D eigenvalue weighted by atomic mass is 32.2. The molecule has 1 aliphatic heterocycles. The molecule has 3 amide bonds. The minimum absolute atomic E-state index is 0.130. The van der Waals surface area contributed by atoms with Crippen LogP contribution in [0.4, 0.5) is 0 Å². The fourth-order valence-electron chi connectivity index (χ4n) is 3.44. The third-order valence-electron chi connectivity index (χ3n) is 5.01. The summed E-state index contributed by atoms with van der Waals surface area (Å²) in [6, 6.07) is 5.07. The summed E-state index contributed by atoms with van der Waals surface area (Å²) in [6.07, 6.45) is 3.69. The zero-order valence-corrected chi connectivity index (χ0v) is 18.3. The molecule has 0 bridgehead atoms. The number of rotatable bonds is 10. The van der Waals surface area contributed by atoms with Crippen LogP contribution in [0.15, 0.2) is 24.3 Å². The largest absolute Gasteiger partial charge is 0.352 e. The van der Waals surface area contributed by atoms with Gasteiger partial charge in [-0.3, -0.25) is 19.3 Å². The molecule has 8 heteroatoms. The summed E-state index contributed by atoms with van der Waals surface area (Å²) in [7, 11) is -3.37. The average molecular weight is 423 g/mol. The number of nitrogens with one attached hydrogen (secondary N) is 1. The van der Waals surface area contributed by atoms with Crippen LogP contribution >= 0.6 is 0 Å². The third-order valence-corrected chi connectivity index (χ3v) is 5.99. The number of carbonyl (C=O) groups is 3. The molecule has 1 aliphatic rings. The first kappa shape index (κ1) is 23.1. The van der Waals surface area contributed by atoms with Crippen molar-refractivity contribution in [2.45, 2.75) is 58.5 Å². The summed E-state index contributed by atoms with van der Waals surface area (Å²) in [6.45, 7) is 6.13. The van der Waals surface area contributed by atoms with Gasteiger partial charge in [-0.15, -0.1) is 0 Å². The van der Waals surface area contributed by atoms with Crippen LogP contribution in [0.3, 0.4) is 0 Å². The molecule has 1 aromatic carbocycles.